The van der Waals surface area contributed by atoms with Crippen LogP contribution in [0, 0.1) is 13.8 Å². The lowest BCUT2D eigenvalue weighted by molar-refractivity contribution is 0.566. The van der Waals surface area contributed by atoms with Crippen LogP contribution in [0.15, 0.2) is 60.0 Å². The summed E-state index contributed by atoms with van der Waals surface area (Å²) in [5.41, 5.74) is 3.38. The second kappa shape index (κ2) is 6.78. The van der Waals surface area contributed by atoms with Gasteiger partial charge in [-0.25, -0.2) is 22.8 Å². The van der Waals surface area contributed by atoms with Crippen LogP contribution in [0.3, 0.4) is 0 Å². The Hall–Kier alpha value is -2.51. The molecule has 0 aliphatic rings. The minimum atomic E-state index is -3.59. The zero-order valence-corrected chi connectivity index (χ0v) is 15.2. The maximum Gasteiger partial charge on any atom is 0.241 e. The predicted molar refractivity (Wildman–Crippen MR) is 96.0 cm³/mol. The van der Waals surface area contributed by atoms with Crippen molar-refractivity contribution in [2.24, 2.45) is 0 Å². The molecule has 3 rings (SSSR count). The fourth-order valence-electron chi connectivity index (χ4n) is 2.62. The summed E-state index contributed by atoms with van der Waals surface area (Å²) in [6.45, 7) is 5.50. The predicted octanol–water partition coefficient (Wildman–Crippen LogP) is 2.92. The van der Waals surface area contributed by atoms with Crippen LogP contribution < -0.4 is 4.72 Å². The Bertz CT molecular complexity index is 965. The van der Waals surface area contributed by atoms with Gasteiger partial charge in [0.25, 0.3) is 0 Å². The highest BCUT2D eigenvalue weighted by molar-refractivity contribution is 7.89. The largest absolute Gasteiger partial charge is 0.241 e. The molecule has 1 unspecified atom stereocenters. The topological polar surface area (TPSA) is 76.9 Å². The third-order valence-electron chi connectivity index (χ3n) is 4.04. The molecule has 7 heteroatoms. The Kier molecular flexibility index (Phi) is 4.69. The number of rotatable bonds is 5. The van der Waals surface area contributed by atoms with Crippen LogP contribution in [0.1, 0.15) is 29.7 Å². The first-order valence-corrected chi connectivity index (χ1v) is 9.40. The second-order valence-corrected chi connectivity index (χ2v) is 7.73. The molecule has 0 aliphatic heterocycles. The van der Waals surface area contributed by atoms with Crippen molar-refractivity contribution in [3.63, 3.8) is 0 Å². The average Bonchev–Trinajstić information content (AvgIpc) is 3.11. The van der Waals surface area contributed by atoms with Crippen LogP contribution in [0.25, 0.3) is 5.69 Å². The van der Waals surface area contributed by atoms with Gasteiger partial charge < -0.3 is 0 Å². The number of sulfonamides is 1. The van der Waals surface area contributed by atoms with Crippen LogP contribution >= 0.6 is 0 Å². The first-order valence-electron chi connectivity index (χ1n) is 7.91. The first kappa shape index (κ1) is 17.3. The van der Waals surface area contributed by atoms with Gasteiger partial charge in [-0.2, -0.15) is 5.10 Å². The summed E-state index contributed by atoms with van der Waals surface area (Å²) >= 11 is 0. The SMILES string of the molecule is Cc1ccc(C)c(S(=O)(=O)NC(C)c2ccc(-n3cncn3)cc2)c1. The lowest BCUT2D eigenvalue weighted by Gasteiger charge is -2.16. The summed E-state index contributed by atoms with van der Waals surface area (Å²) in [7, 11) is -3.59. The zero-order valence-electron chi connectivity index (χ0n) is 14.3. The maximum absolute atomic E-state index is 12.7. The van der Waals surface area contributed by atoms with E-state index in [0.29, 0.717) is 4.90 Å². The quantitative estimate of drug-likeness (QED) is 0.762. The lowest BCUT2D eigenvalue weighted by Crippen LogP contribution is -2.27. The van der Waals surface area contributed by atoms with Gasteiger partial charge in [-0.1, -0.05) is 24.3 Å². The highest BCUT2D eigenvalue weighted by Gasteiger charge is 2.20. The molecule has 1 aromatic heterocycles. The van der Waals surface area contributed by atoms with Crippen molar-refractivity contribution in [3.8, 4) is 5.69 Å². The minimum absolute atomic E-state index is 0.318. The molecule has 1 heterocycles. The Labute approximate surface area is 147 Å². The Morgan fingerprint density at radius 3 is 2.44 bits per heavy atom. The van der Waals surface area contributed by atoms with Gasteiger partial charge >= 0.3 is 0 Å². The molecule has 1 N–H and O–H groups in total. The summed E-state index contributed by atoms with van der Waals surface area (Å²) in [6.07, 6.45) is 3.08. The van der Waals surface area contributed by atoms with Gasteiger partial charge in [0, 0.05) is 6.04 Å². The molecule has 0 aliphatic carbocycles. The summed E-state index contributed by atoms with van der Waals surface area (Å²) in [6, 6.07) is 12.6. The Morgan fingerprint density at radius 2 is 1.80 bits per heavy atom. The third kappa shape index (κ3) is 3.78. The number of hydrogen-bond acceptors (Lipinski definition) is 4. The number of hydrogen-bond donors (Lipinski definition) is 1. The van der Waals surface area contributed by atoms with Gasteiger partial charge in [0.15, 0.2) is 0 Å². The van der Waals surface area contributed by atoms with E-state index in [1.54, 1.807) is 24.0 Å². The van der Waals surface area contributed by atoms with E-state index in [0.717, 1.165) is 22.4 Å². The molecule has 3 aromatic rings. The maximum atomic E-state index is 12.7. The molecule has 0 bridgehead atoms. The minimum Gasteiger partial charge on any atom is -0.223 e. The molecule has 25 heavy (non-hydrogen) atoms. The first-order chi connectivity index (χ1) is 11.9. The molecule has 0 fully saturated rings. The molecule has 0 radical (unpaired) electrons. The molecule has 0 spiro atoms. The lowest BCUT2D eigenvalue weighted by atomic mass is 10.1. The van der Waals surface area contributed by atoms with Gasteiger partial charge in [-0.05, 0) is 55.7 Å². The number of aryl methyl sites for hydroxylation is 2. The van der Waals surface area contributed by atoms with Crippen molar-refractivity contribution in [1.29, 1.82) is 0 Å². The normalized spacial score (nSPS) is 12.9. The summed E-state index contributed by atoms with van der Waals surface area (Å²) in [4.78, 5) is 4.23. The molecule has 0 saturated heterocycles. The molecule has 0 saturated carbocycles. The zero-order chi connectivity index (χ0) is 18.0. The van der Waals surface area contributed by atoms with E-state index < -0.39 is 10.0 Å². The third-order valence-corrected chi connectivity index (χ3v) is 5.72. The van der Waals surface area contributed by atoms with Gasteiger partial charge in [0.2, 0.25) is 10.0 Å². The van der Waals surface area contributed by atoms with Crippen LogP contribution in [0.5, 0.6) is 0 Å². The van der Waals surface area contributed by atoms with E-state index in [9.17, 15) is 8.42 Å². The Morgan fingerprint density at radius 1 is 1.08 bits per heavy atom. The standard InChI is InChI=1S/C18H20N4O2S/c1-13-4-5-14(2)18(10-13)25(23,24)21-15(3)16-6-8-17(9-7-16)22-12-19-11-20-22/h4-12,15,21H,1-3H3. The van der Waals surface area contributed by atoms with E-state index in [4.69, 9.17) is 0 Å². The van der Waals surface area contributed by atoms with Gasteiger partial charge in [0.1, 0.15) is 12.7 Å². The van der Waals surface area contributed by atoms with Crippen molar-refractivity contribution in [1.82, 2.24) is 19.5 Å². The van der Waals surface area contributed by atoms with Crippen molar-refractivity contribution in [3.05, 3.63) is 71.8 Å². The van der Waals surface area contributed by atoms with E-state index in [1.807, 2.05) is 50.2 Å². The van der Waals surface area contributed by atoms with E-state index in [-0.39, 0.29) is 6.04 Å². The highest BCUT2D eigenvalue weighted by atomic mass is 32.2. The van der Waals surface area contributed by atoms with Crippen LogP contribution in [-0.4, -0.2) is 23.2 Å². The molecule has 0 amide bonds. The van der Waals surface area contributed by atoms with Crippen LogP contribution in [-0.2, 0) is 10.0 Å². The fraction of sp³-hybridized carbons (Fsp3) is 0.222. The smallest absolute Gasteiger partial charge is 0.223 e. The summed E-state index contributed by atoms with van der Waals surface area (Å²) in [5.74, 6) is 0. The van der Waals surface area contributed by atoms with E-state index in [1.165, 1.54) is 6.33 Å². The number of nitrogens with one attached hydrogen (secondary N) is 1. The van der Waals surface area contributed by atoms with Gasteiger partial charge in [0.05, 0.1) is 10.6 Å². The fourth-order valence-corrected chi connectivity index (χ4v) is 4.18. The van der Waals surface area contributed by atoms with Crippen molar-refractivity contribution in [2.45, 2.75) is 31.7 Å². The van der Waals surface area contributed by atoms with Gasteiger partial charge in [-0.3, -0.25) is 0 Å². The molecule has 1 atom stereocenters. The van der Waals surface area contributed by atoms with Gasteiger partial charge in [-0.15, -0.1) is 0 Å². The number of nitrogens with zero attached hydrogens (tertiary/aromatic N) is 3. The van der Waals surface area contributed by atoms with E-state index >= 15 is 0 Å². The molecular weight excluding hydrogens is 336 g/mol. The number of aromatic nitrogens is 3. The monoisotopic (exact) mass is 356 g/mol. The molecule has 6 nitrogen and oxygen atoms in total. The van der Waals surface area contributed by atoms with Crippen LogP contribution in [0.2, 0.25) is 0 Å². The molecule has 130 valence electrons. The average molecular weight is 356 g/mol. The van der Waals surface area contributed by atoms with Crippen molar-refractivity contribution >= 4 is 10.0 Å². The summed E-state index contributed by atoms with van der Waals surface area (Å²) in [5, 5.41) is 4.07. The van der Waals surface area contributed by atoms with Crippen molar-refractivity contribution in [2.75, 3.05) is 0 Å². The van der Waals surface area contributed by atoms with Crippen molar-refractivity contribution < 1.29 is 8.42 Å². The van der Waals surface area contributed by atoms with Crippen LogP contribution in [0.4, 0.5) is 0 Å². The second-order valence-electron chi connectivity index (χ2n) is 6.04. The summed E-state index contributed by atoms with van der Waals surface area (Å²) < 4.78 is 29.8. The highest BCUT2D eigenvalue weighted by Crippen LogP contribution is 2.21. The molecule has 2 aromatic carbocycles. The molecular formula is C18H20N4O2S. The number of benzene rings is 2. The Balaban J connectivity index is 1.81. The van der Waals surface area contributed by atoms with E-state index in [2.05, 4.69) is 14.8 Å².